The molecule has 0 aliphatic rings. The smallest absolute Gasteiger partial charge is 0.261 e. The zero-order valence-electron chi connectivity index (χ0n) is 20.1. The Kier molecular flexibility index (Phi) is 7.85. The van der Waals surface area contributed by atoms with Gasteiger partial charge in [0, 0.05) is 0 Å². The van der Waals surface area contributed by atoms with E-state index in [2.05, 4.69) is 29.9 Å². The molecule has 10 nitrogen and oxygen atoms in total. The number of pyridine rings is 2. The van der Waals surface area contributed by atoms with E-state index in [1.54, 1.807) is 16.5 Å². The average molecular weight is 614 g/mol. The van der Waals surface area contributed by atoms with Crippen LogP contribution in [0.3, 0.4) is 0 Å². The van der Waals surface area contributed by atoms with Crippen LogP contribution in [-0.4, -0.2) is 39.5 Å². The Hall–Kier alpha value is -4.22. The van der Waals surface area contributed by atoms with Crippen LogP contribution >= 0.6 is 46.4 Å². The highest BCUT2D eigenvalue weighted by Crippen LogP contribution is 2.20. The molecule has 0 amide bonds. The summed E-state index contributed by atoms with van der Waals surface area (Å²) in [5.74, 6) is 0.940. The van der Waals surface area contributed by atoms with Crippen LogP contribution in [0.2, 0.25) is 15.5 Å². The van der Waals surface area contributed by atoms with E-state index in [1.165, 1.54) is 12.1 Å². The number of nitrogen functional groups attached to an aromatic ring is 1. The van der Waals surface area contributed by atoms with Crippen LogP contribution in [0.4, 0.5) is 5.95 Å². The molecule has 0 atom stereocenters. The first-order valence-electron chi connectivity index (χ1n) is 11.4. The molecule has 7 rings (SSSR count). The Morgan fingerprint density at radius 1 is 0.775 bits per heavy atom. The Balaban J connectivity index is 0.000000132. The first-order valence-corrected chi connectivity index (χ1v) is 12.9. The van der Waals surface area contributed by atoms with Crippen LogP contribution in [0.1, 0.15) is 10.4 Å². The lowest BCUT2D eigenvalue weighted by Crippen LogP contribution is -2.10. The van der Waals surface area contributed by atoms with Crippen molar-refractivity contribution >= 4 is 96.5 Å². The number of aromatic amines is 2. The highest BCUT2D eigenvalue weighted by Gasteiger charge is 2.12. The molecule has 200 valence electrons. The van der Waals surface area contributed by atoms with Gasteiger partial charge in [0.05, 0.1) is 33.0 Å². The van der Waals surface area contributed by atoms with E-state index in [0.29, 0.717) is 27.9 Å². The van der Waals surface area contributed by atoms with Crippen LogP contribution in [0.5, 0.6) is 0 Å². The van der Waals surface area contributed by atoms with Crippen molar-refractivity contribution in [1.29, 1.82) is 0 Å². The number of carbonyl (C=O) groups excluding carboxylic acids is 1. The van der Waals surface area contributed by atoms with Crippen molar-refractivity contribution in [2.24, 2.45) is 0 Å². The number of aromatic nitrogens is 7. The van der Waals surface area contributed by atoms with Gasteiger partial charge in [-0.2, -0.15) is 0 Å². The van der Waals surface area contributed by atoms with Gasteiger partial charge in [0.1, 0.15) is 15.5 Å². The number of nitrogens with zero attached hydrogens (tertiary/aromatic N) is 5. The third-order valence-electron chi connectivity index (χ3n) is 5.52. The number of H-pyrrole nitrogens is 2. The summed E-state index contributed by atoms with van der Waals surface area (Å²) in [6.07, 6.45) is 0. The summed E-state index contributed by atoms with van der Waals surface area (Å²) in [4.78, 5) is 44.5. The molecule has 0 bridgehead atoms. The SMILES string of the molecule is Nc1nc2ccccc2[nH]1.O=C(Cl)c1ccc(Cl)nc1Cl.O=c1[nH]c2nc3ccccc3n2c2nc(Cl)ccc12. The monoisotopic (exact) mass is 612 g/mol. The molecular formula is C26H16Cl4N8O2. The van der Waals surface area contributed by atoms with Crippen molar-refractivity contribution in [2.75, 3.05) is 5.73 Å². The summed E-state index contributed by atoms with van der Waals surface area (Å²) in [6.45, 7) is 0. The van der Waals surface area contributed by atoms with Crippen LogP contribution in [-0.2, 0) is 0 Å². The zero-order valence-corrected chi connectivity index (χ0v) is 23.1. The molecule has 5 aromatic heterocycles. The van der Waals surface area contributed by atoms with Gasteiger partial charge in [-0.3, -0.25) is 19.0 Å². The third kappa shape index (κ3) is 5.70. The Labute approximate surface area is 244 Å². The molecule has 5 heterocycles. The van der Waals surface area contributed by atoms with Crippen molar-refractivity contribution in [1.82, 2.24) is 34.3 Å². The molecule has 0 aliphatic carbocycles. The normalized spacial score (nSPS) is 10.8. The number of halogens is 4. The standard InChI is InChI=1S/C13H7ClN4O.C7H7N3.C6H2Cl3NO/c14-10-6-5-7-11(16-10)18-9-4-2-1-3-8(9)15-13(18)17-12(7)19;8-7-9-5-3-1-2-4-6(5)10-7;7-4-2-1-3(6(9)11)5(8)10-4/h1-6H,(H,15,17,19);1-4H,(H3,8,9,10);1-2H. The van der Waals surface area contributed by atoms with Crippen molar-refractivity contribution in [3.63, 3.8) is 0 Å². The number of nitrogens with two attached hydrogens (primary N) is 1. The minimum absolute atomic E-state index is 0.0255. The number of rotatable bonds is 1. The van der Waals surface area contributed by atoms with Gasteiger partial charge in [-0.05, 0) is 60.1 Å². The van der Waals surface area contributed by atoms with E-state index < -0.39 is 5.24 Å². The Bertz CT molecular complexity index is 2050. The summed E-state index contributed by atoms with van der Waals surface area (Å²) < 4.78 is 1.80. The van der Waals surface area contributed by atoms with Gasteiger partial charge in [-0.25, -0.2) is 19.9 Å². The molecule has 14 heteroatoms. The van der Waals surface area contributed by atoms with Gasteiger partial charge in [0.2, 0.25) is 5.78 Å². The maximum atomic E-state index is 12.0. The molecule has 0 spiro atoms. The summed E-state index contributed by atoms with van der Waals surface area (Å²) >= 11 is 22.1. The van der Waals surface area contributed by atoms with E-state index in [0.717, 1.165) is 22.1 Å². The summed E-state index contributed by atoms with van der Waals surface area (Å²) in [7, 11) is 0. The highest BCUT2D eigenvalue weighted by molar-refractivity contribution is 6.68. The van der Waals surface area contributed by atoms with Gasteiger partial charge in [-0.15, -0.1) is 0 Å². The number of anilines is 1. The third-order valence-corrected chi connectivity index (χ3v) is 6.43. The quantitative estimate of drug-likeness (QED) is 0.145. The van der Waals surface area contributed by atoms with E-state index in [1.807, 2.05) is 48.5 Å². The molecule has 0 saturated heterocycles. The average Bonchev–Trinajstić information content (AvgIpc) is 3.48. The largest absolute Gasteiger partial charge is 0.369 e. The highest BCUT2D eigenvalue weighted by atomic mass is 35.5. The summed E-state index contributed by atoms with van der Waals surface area (Å²) in [6, 6.07) is 21.5. The number of imidazole rings is 2. The van der Waals surface area contributed by atoms with Crippen molar-refractivity contribution < 1.29 is 4.79 Å². The minimum Gasteiger partial charge on any atom is -0.369 e. The van der Waals surface area contributed by atoms with Gasteiger partial charge >= 0.3 is 0 Å². The number of nitrogens with one attached hydrogen (secondary N) is 2. The molecule has 0 fully saturated rings. The van der Waals surface area contributed by atoms with Crippen LogP contribution in [0, 0.1) is 0 Å². The second-order valence-electron chi connectivity index (χ2n) is 8.10. The van der Waals surface area contributed by atoms with E-state index >= 15 is 0 Å². The van der Waals surface area contributed by atoms with Gasteiger partial charge in [-0.1, -0.05) is 59.1 Å². The molecule has 0 radical (unpaired) electrons. The second-order valence-corrected chi connectivity index (χ2v) is 9.58. The fourth-order valence-corrected chi connectivity index (χ4v) is 4.57. The van der Waals surface area contributed by atoms with E-state index in [-0.39, 0.29) is 21.4 Å². The number of benzene rings is 2. The van der Waals surface area contributed by atoms with Crippen molar-refractivity contribution in [2.45, 2.75) is 0 Å². The summed E-state index contributed by atoms with van der Waals surface area (Å²) in [5.41, 5.74) is 9.47. The van der Waals surface area contributed by atoms with Crippen molar-refractivity contribution in [3.05, 3.63) is 104 Å². The van der Waals surface area contributed by atoms with Crippen molar-refractivity contribution in [3.8, 4) is 0 Å². The van der Waals surface area contributed by atoms with Gasteiger partial charge < -0.3 is 10.7 Å². The molecule has 7 aromatic rings. The second kappa shape index (κ2) is 11.5. The number of carbonyl (C=O) groups is 1. The molecular weight excluding hydrogens is 598 g/mol. The fraction of sp³-hybridized carbons (Fsp3) is 0. The predicted molar refractivity (Wildman–Crippen MR) is 159 cm³/mol. The number of fused-ring (bicyclic) bond motifs is 6. The lowest BCUT2D eigenvalue weighted by molar-refractivity contribution is 0.108. The summed E-state index contributed by atoms with van der Waals surface area (Å²) in [5, 5.41) is 0.450. The number of hydrogen-bond donors (Lipinski definition) is 3. The number of hydrogen-bond acceptors (Lipinski definition) is 7. The first-order chi connectivity index (χ1) is 19.2. The van der Waals surface area contributed by atoms with E-state index in [9.17, 15) is 9.59 Å². The first kappa shape index (κ1) is 27.4. The Morgan fingerprint density at radius 3 is 2.17 bits per heavy atom. The molecule has 0 saturated carbocycles. The number of para-hydroxylation sites is 4. The van der Waals surface area contributed by atoms with Gasteiger partial charge in [0.15, 0.2) is 11.6 Å². The topological polar surface area (TPSA) is 148 Å². The molecule has 0 aliphatic heterocycles. The maximum Gasteiger partial charge on any atom is 0.261 e. The maximum absolute atomic E-state index is 12.0. The van der Waals surface area contributed by atoms with Crippen LogP contribution < -0.4 is 11.3 Å². The molecule has 0 unspecified atom stereocenters. The fourth-order valence-electron chi connectivity index (χ4n) is 3.80. The van der Waals surface area contributed by atoms with Gasteiger partial charge in [0.25, 0.3) is 10.8 Å². The lowest BCUT2D eigenvalue weighted by Gasteiger charge is -2.01. The lowest BCUT2D eigenvalue weighted by atomic mass is 10.3. The molecule has 2 aromatic carbocycles. The predicted octanol–water partition coefficient (Wildman–Crippen LogP) is 6.29. The van der Waals surface area contributed by atoms with E-state index in [4.69, 9.17) is 52.1 Å². The Morgan fingerprint density at radius 2 is 1.45 bits per heavy atom. The van der Waals surface area contributed by atoms with Crippen LogP contribution in [0.25, 0.3) is 38.9 Å². The van der Waals surface area contributed by atoms with Crippen LogP contribution in [0.15, 0.2) is 77.6 Å². The molecule has 40 heavy (non-hydrogen) atoms. The minimum atomic E-state index is -0.640. The molecule has 4 N–H and O–H groups in total. The zero-order chi connectivity index (χ0) is 28.4.